The van der Waals surface area contributed by atoms with Gasteiger partial charge in [0.05, 0.1) is 40.2 Å². The van der Waals surface area contributed by atoms with Crippen molar-refractivity contribution in [3.63, 3.8) is 0 Å². The molecule has 0 radical (unpaired) electrons. The van der Waals surface area contributed by atoms with Crippen LogP contribution < -0.4 is 5.32 Å². The molecule has 1 aliphatic rings. The van der Waals surface area contributed by atoms with Gasteiger partial charge < -0.3 is 14.6 Å². The molecule has 1 saturated heterocycles. The van der Waals surface area contributed by atoms with Gasteiger partial charge in [0.1, 0.15) is 0 Å². The van der Waals surface area contributed by atoms with E-state index in [0.29, 0.717) is 10.7 Å². The fraction of sp³-hybridized carbons (Fsp3) is 0.391. The highest BCUT2D eigenvalue weighted by Gasteiger charge is 2.21. The quantitative estimate of drug-likeness (QED) is 0.530. The number of hydrogen-bond donors (Lipinski definition) is 1. The molecule has 1 unspecified atom stereocenters. The number of thioether (sulfide) groups is 1. The number of nitrogens with zero attached hydrogens (tertiary/aromatic N) is 3. The van der Waals surface area contributed by atoms with E-state index in [1.807, 2.05) is 50.2 Å². The minimum Gasteiger partial charge on any atom is -0.379 e. The number of imidazole rings is 1. The van der Waals surface area contributed by atoms with Gasteiger partial charge >= 0.3 is 0 Å². The Kier molecular flexibility index (Phi) is 7.17. The third-order valence-electron chi connectivity index (χ3n) is 5.40. The van der Waals surface area contributed by atoms with Crippen LogP contribution in [-0.2, 0) is 16.1 Å². The number of morpholine rings is 1. The predicted molar refractivity (Wildman–Crippen MR) is 127 cm³/mol. The van der Waals surface area contributed by atoms with Gasteiger partial charge in [-0.1, -0.05) is 41.6 Å². The molecular formula is C23H27ClN4O2S. The maximum Gasteiger partial charge on any atom is 0.237 e. The standard InChI is InChI=1S/C23H27ClN4O2S/c1-16-7-8-19(18(24)15-16)25-22(29)17(2)31-23-26-20-5-3-4-6-21(20)28(23)10-9-27-11-13-30-14-12-27/h3-8,15,17H,9-14H2,1-2H3,(H,25,29). The summed E-state index contributed by atoms with van der Waals surface area (Å²) < 4.78 is 7.67. The highest BCUT2D eigenvalue weighted by atomic mass is 35.5. The molecule has 3 aromatic rings. The van der Waals surface area contributed by atoms with Gasteiger partial charge in [-0.2, -0.15) is 0 Å². The van der Waals surface area contributed by atoms with E-state index in [1.165, 1.54) is 11.8 Å². The molecule has 2 aromatic carbocycles. The van der Waals surface area contributed by atoms with Crippen LogP contribution in [0.2, 0.25) is 5.02 Å². The molecule has 1 atom stereocenters. The predicted octanol–water partition coefficient (Wildman–Crippen LogP) is 4.45. The van der Waals surface area contributed by atoms with Gasteiger partial charge in [0, 0.05) is 26.2 Å². The van der Waals surface area contributed by atoms with Crippen LogP contribution in [0, 0.1) is 6.92 Å². The summed E-state index contributed by atoms with van der Waals surface area (Å²) >= 11 is 7.75. The van der Waals surface area contributed by atoms with Crippen molar-refractivity contribution in [2.24, 2.45) is 0 Å². The second-order valence-electron chi connectivity index (χ2n) is 7.72. The minimum atomic E-state index is -0.323. The van der Waals surface area contributed by atoms with Crippen LogP contribution in [0.15, 0.2) is 47.6 Å². The fourth-order valence-corrected chi connectivity index (χ4v) is 4.83. The number of nitrogens with one attached hydrogen (secondary N) is 1. The summed E-state index contributed by atoms with van der Waals surface area (Å²) in [6.45, 7) is 9.08. The smallest absolute Gasteiger partial charge is 0.237 e. The van der Waals surface area contributed by atoms with Crippen LogP contribution in [-0.4, -0.2) is 58.5 Å². The van der Waals surface area contributed by atoms with Crippen LogP contribution in [0.1, 0.15) is 12.5 Å². The van der Waals surface area contributed by atoms with Crippen LogP contribution in [0.5, 0.6) is 0 Å². The lowest BCUT2D eigenvalue weighted by molar-refractivity contribution is -0.115. The van der Waals surface area contributed by atoms with Gasteiger partial charge in [-0.05, 0) is 43.7 Å². The van der Waals surface area contributed by atoms with Crippen LogP contribution in [0.25, 0.3) is 11.0 Å². The second-order valence-corrected chi connectivity index (χ2v) is 9.44. The number of ether oxygens (including phenoxy) is 1. The number of amides is 1. The Bertz CT molecular complexity index is 1060. The molecule has 1 aliphatic heterocycles. The van der Waals surface area contributed by atoms with Gasteiger partial charge in [-0.25, -0.2) is 4.98 Å². The van der Waals surface area contributed by atoms with Gasteiger partial charge in [-0.15, -0.1) is 0 Å². The molecule has 31 heavy (non-hydrogen) atoms. The van der Waals surface area contributed by atoms with E-state index in [-0.39, 0.29) is 11.2 Å². The SMILES string of the molecule is Cc1ccc(NC(=O)C(C)Sc2nc3ccccc3n2CCN2CCOCC2)c(Cl)c1. The number of halogens is 1. The normalized spacial score (nSPS) is 15.8. The number of benzene rings is 2. The summed E-state index contributed by atoms with van der Waals surface area (Å²) in [5, 5.41) is 4.02. The summed E-state index contributed by atoms with van der Waals surface area (Å²) in [4.78, 5) is 20.1. The van der Waals surface area contributed by atoms with Crippen molar-refractivity contribution in [2.75, 3.05) is 38.2 Å². The Hall–Kier alpha value is -2.06. The van der Waals surface area contributed by atoms with Crippen molar-refractivity contribution in [1.82, 2.24) is 14.5 Å². The van der Waals surface area contributed by atoms with Gasteiger partial charge in [-0.3, -0.25) is 9.69 Å². The number of anilines is 1. The van der Waals surface area contributed by atoms with E-state index >= 15 is 0 Å². The third kappa shape index (κ3) is 5.41. The summed E-state index contributed by atoms with van der Waals surface area (Å²) in [6.07, 6.45) is 0. The lowest BCUT2D eigenvalue weighted by atomic mass is 10.2. The van der Waals surface area contributed by atoms with Crippen LogP contribution >= 0.6 is 23.4 Å². The fourth-order valence-electron chi connectivity index (χ4n) is 3.59. The van der Waals surface area contributed by atoms with Crippen LogP contribution in [0.4, 0.5) is 5.69 Å². The molecule has 4 rings (SSSR count). The monoisotopic (exact) mass is 458 g/mol. The number of aryl methyl sites for hydroxylation is 1. The van der Waals surface area contributed by atoms with Crippen LogP contribution in [0.3, 0.4) is 0 Å². The zero-order chi connectivity index (χ0) is 21.8. The molecule has 164 valence electrons. The molecule has 8 heteroatoms. The average Bonchev–Trinajstić information content (AvgIpc) is 3.11. The Labute approximate surface area is 191 Å². The molecule has 6 nitrogen and oxygen atoms in total. The van der Waals surface area contributed by atoms with Crippen molar-refractivity contribution >= 4 is 46.0 Å². The van der Waals surface area contributed by atoms with E-state index in [9.17, 15) is 4.79 Å². The lowest BCUT2D eigenvalue weighted by Crippen LogP contribution is -2.38. The number of para-hydroxylation sites is 2. The highest BCUT2D eigenvalue weighted by molar-refractivity contribution is 8.00. The molecule has 1 N–H and O–H groups in total. The number of fused-ring (bicyclic) bond motifs is 1. The van der Waals surface area contributed by atoms with E-state index in [1.54, 1.807) is 0 Å². The number of carbonyl (C=O) groups excluding carboxylic acids is 1. The molecule has 0 spiro atoms. The Morgan fingerprint density at radius 2 is 2.00 bits per heavy atom. The first kappa shape index (κ1) is 22.1. The Morgan fingerprint density at radius 3 is 2.77 bits per heavy atom. The molecule has 0 saturated carbocycles. The van der Waals surface area contributed by atoms with E-state index < -0.39 is 0 Å². The van der Waals surface area contributed by atoms with Crippen molar-refractivity contribution in [3.8, 4) is 0 Å². The van der Waals surface area contributed by atoms with Crippen molar-refractivity contribution in [2.45, 2.75) is 30.8 Å². The molecule has 0 aliphatic carbocycles. The average molecular weight is 459 g/mol. The van der Waals surface area contributed by atoms with Gasteiger partial charge in [0.15, 0.2) is 5.16 Å². The van der Waals surface area contributed by atoms with Gasteiger partial charge in [0.2, 0.25) is 5.91 Å². The van der Waals surface area contributed by atoms with E-state index in [0.717, 1.165) is 61.1 Å². The highest BCUT2D eigenvalue weighted by Crippen LogP contribution is 2.29. The first-order valence-corrected chi connectivity index (χ1v) is 11.8. The van der Waals surface area contributed by atoms with Crippen molar-refractivity contribution in [3.05, 3.63) is 53.1 Å². The number of rotatable bonds is 7. The number of hydrogen-bond acceptors (Lipinski definition) is 5. The first-order chi connectivity index (χ1) is 15.0. The van der Waals surface area contributed by atoms with E-state index in [2.05, 4.69) is 20.9 Å². The lowest BCUT2D eigenvalue weighted by Gasteiger charge is -2.27. The zero-order valence-corrected chi connectivity index (χ0v) is 19.4. The minimum absolute atomic E-state index is 0.0949. The molecular weight excluding hydrogens is 432 g/mol. The summed E-state index contributed by atoms with van der Waals surface area (Å²) in [7, 11) is 0. The Balaban J connectivity index is 1.49. The van der Waals surface area contributed by atoms with Crippen molar-refractivity contribution in [1.29, 1.82) is 0 Å². The summed E-state index contributed by atoms with van der Waals surface area (Å²) in [6, 6.07) is 13.7. The molecule has 0 bridgehead atoms. The largest absolute Gasteiger partial charge is 0.379 e. The maximum atomic E-state index is 12.8. The third-order valence-corrected chi connectivity index (χ3v) is 6.80. The maximum absolute atomic E-state index is 12.8. The van der Waals surface area contributed by atoms with Crippen molar-refractivity contribution < 1.29 is 9.53 Å². The number of aromatic nitrogens is 2. The number of carbonyl (C=O) groups is 1. The molecule has 2 heterocycles. The zero-order valence-electron chi connectivity index (χ0n) is 17.8. The molecule has 1 fully saturated rings. The van der Waals surface area contributed by atoms with E-state index in [4.69, 9.17) is 21.3 Å². The molecule has 1 aromatic heterocycles. The second kappa shape index (κ2) is 10.0. The summed E-state index contributed by atoms with van der Waals surface area (Å²) in [5.74, 6) is -0.0949. The topological polar surface area (TPSA) is 59.4 Å². The Morgan fingerprint density at radius 1 is 1.23 bits per heavy atom. The molecule has 1 amide bonds. The first-order valence-electron chi connectivity index (χ1n) is 10.5. The van der Waals surface area contributed by atoms with Gasteiger partial charge in [0.25, 0.3) is 0 Å². The summed E-state index contributed by atoms with van der Waals surface area (Å²) in [5.41, 5.74) is 3.72.